The summed E-state index contributed by atoms with van der Waals surface area (Å²) >= 11 is 6.30. The summed E-state index contributed by atoms with van der Waals surface area (Å²) < 4.78 is 0. The van der Waals surface area contributed by atoms with Gasteiger partial charge in [-0.25, -0.2) is 4.98 Å². The minimum Gasteiger partial charge on any atom is -0.367 e. The number of rotatable bonds is 5. The Bertz CT molecular complexity index is 604. The first kappa shape index (κ1) is 15.6. The lowest BCUT2D eigenvalue weighted by atomic mass is 10.1. The first-order valence-corrected chi connectivity index (χ1v) is 7.50. The molecule has 0 aliphatic rings. The monoisotopic (exact) mass is 304 g/mol. The van der Waals surface area contributed by atoms with Crippen LogP contribution < -0.4 is 10.6 Å². The predicted molar refractivity (Wildman–Crippen MR) is 89.6 cm³/mol. The average molecular weight is 305 g/mol. The number of aryl methyl sites for hydroxylation is 2. The van der Waals surface area contributed by atoms with Crippen molar-refractivity contribution in [2.24, 2.45) is 0 Å². The Balaban J connectivity index is 2.22. The SMILES string of the molecule is CCC(C)Nc1ccnc(Nc2c(C)cc(C)cc2Cl)n1. The maximum Gasteiger partial charge on any atom is 0.229 e. The predicted octanol–water partition coefficient (Wildman–Crippen LogP) is 4.70. The van der Waals surface area contributed by atoms with E-state index < -0.39 is 0 Å². The Morgan fingerprint density at radius 2 is 2.05 bits per heavy atom. The van der Waals surface area contributed by atoms with Gasteiger partial charge in [0.05, 0.1) is 10.7 Å². The van der Waals surface area contributed by atoms with E-state index in [-0.39, 0.29) is 0 Å². The molecule has 1 unspecified atom stereocenters. The molecule has 5 heteroatoms. The second-order valence-corrected chi connectivity index (χ2v) is 5.69. The number of anilines is 3. The van der Waals surface area contributed by atoms with Crippen LogP contribution in [-0.2, 0) is 0 Å². The fraction of sp³-hybridized carbons (Fsp3) is 0.375. The lowest BCUT2D eigenvalue weighted by molar-refractivity contribution is 0.758. The minimum absolute atomic E-state index is 0.373. The summed E-state index contributed by atoms with van der Waals surface area (Å²) in [6.07, 6.45) is 2.77. The standard InChI is InChI=1S/C16H21ClN4/c1-5-12(4)19-14-6-7-18-16(20-14)21-15-11(3)8-10(2)9-13(15)17/h6-9,12H,5H2,1-4H3,(H2,18,19,20,21). The van der Waals surface area contributed by atoms with Crippen molar-refractivity contribution in [1.29, 1.82) is 0 Å². The molecule has 4 nitrogen and oxygen atoms in total. The quantitative estimate of drug-likeness (QED) is 0.840. The van der Waals surface area contributed by atoms with Crippen LogP contribution in [0.2, 0.25) is 5.02 Å². The molecule has 1 aromatic heterocycles. The molecular formula is C16H21ClN4. The zero-order valence-corrected chi connectivity index (χ0v) is 13.6. The van der Waals surface area contributed by atoms with Crippen LogP contribution in [0.1, 0.15) is 31.4 Å². The van der Waals surface area contributed by atoms with Crippen molar-refractivity contribution >= 4 is 29.1 Å². The molecule has 0 saturated heterocycles. The molecule has 0 radical (unpaired) electrons. The summed E-state index contributed by atoms with van der Waals surface area (Å²) in [7, 11) is 0. The van der Waals surface area contributed by atoms with Crippen LogP contribution in [0.25, 0.3) is 0 Å². The highest BCUT2D eigenvalue weighted by molar-refractivity contribution is 6.33. The van der Waals surface area contributed by atoms with Gasteiger partial charge in [-0.2, -0.15) is 4.98 Å². The lowest BCUT2D eigenvalue weighted by Gasteiger charge is -2.14. The summed E-state index contributed by atoms with van der Waals surface area (Å²) in [6.45, 7) is 8.29. The Morgan fingerprint density at radius 1 is 1.29 bits per heavy atom. The van der Waals surface area contributed by atoms with Gasteiger partial charge >= 0.3 is 0 Å². The third-order valence-electron chi connectivity index (χ3n) is 3.33. The van der Waals surface area contributed by atoms with E-state index in [0.29, 0.717) is 17.0 Å². The normalized spacial score (nSPS) is 12.0. The van der Waals surface area contributed by atoms with E-state index in [1.54, 1.807) is 6.20 Å². The van der Waals surface area contributed by atoms with Gasteiger partial charge in [0.1, 0.15) is 5.82 Å². The highest BCUT2D eigenvalue weighted by atomic mass is 35.5. The van der Waals surface area contributed by atoms with E-state index in [4.69, 9.17) is 11.6 Å². The molecule has 1 heterocycles. The van der Waals surface area contributed by atoms with Gasteiger partial charge in [-0.05, 0) is 50.5 Å². The molecule has 1 atom stereocenters. The van der Waals surface area contributed by atoms with Gasteiger partial charge < -0.3 is 10.6 Å². The number of benzene rings is 1. The summed E-state index contributed by atoms with van der Waals surface area (Å²) in [4.78, 5) is 8.72. The topological polar surface area (TPSA) is 49.8 Å². The van der Waals surface area contributed by atoms with Gasteiger partial charge in [-0.1, -0.05) is 24.6 Å². The van der Waals surface area contributed by atoms with Crippen molar-refractivity contribution in [2.75, 3.05) is 10.6 Å². The molecule has 1 aromatic carbocycles. The maximum absolute atomic E-state index is 6.30. The van der Waals surface area contributed by atoms with E-state index in [1.165, 1.54) is 0 Å². The summed E-state index contributed by atoms with van der Waals surface area (Å²) in [5.41, 5.74) is 3.06. The number of hydrogen-bond donors (Lipinski definition) is 2. The van der Waals surface area contributed by atoms with E-state index in [0.717, 1.165) is 29.1 Å². The first-order valence-electron chi connectivity index (χ1n) is 7.13. The van der Waals surface area contributed by atoms with Crippen LogP contribution in [0.4, 0.5) is 17.5 Å². The number of aromatic nitrogens is 2. The van der Waals surface area contributed by atoms with Crippen molar-refractivity contribution in [3.05, 3.63) is 40.5 Å². The highest BCUT2D eigenvalue weighted by Gasteiger charge is 2.08. The number of hydrogen-bond acceptors (Lipinski definition) is 4. The van der Waals surface area contributed by atoms with Crippen LogP contribution in [0, 0.1) is 13.8 Å². The maximum atomic E-state index is 6.30. The summed E-state index contributed by atoms with van der Waals surface area (Å²) in [5, 5.41) is 7.21. The van der Waals surface area contributed by atoms with Crippen LogP contribution in [0.15, 0.2) is 24.4 Å². The molecule has 2 aromatic rings. The number of nitrogens with one attached hydrogen (secondary N) is 2. The summed E-state index contributed by atoms with van der Waals surface area (Å²) in [6, 6.07) is 6.24. The average Bonchev–Trinajstić information content (AvgIpc) is 2.43. The molecular weight excluding hydrogens is 284 g/mol. The minimum atomic E-state index is 0.373. The summed E-state index contributed by atoms with van der Waals surface area (Å²) in [5.74, 6) is 1.35. The van der Waals surface area contributed by atoms with Gasteiger partial charge in [0.15, 0.2) is 0 Å². The first-order chi connectivity index (χ1) is 9.99. The number of nitrogens with zero attached hydrogens (tertiary/aromatic N) is 2. The molecule has 2 rings (SSSR count). The van der Waals surface area contributed by atoms with Crippen molar-refractivity contribution in [3.8, 4) is 0 Å². The molecule has 0 saturated carbocycles. The molecule has 0 amide bonds. The van der Waals surface area contributed by atoms with E-state index in [1.807, 2.05) is 26.0 Å². The third-order valence-corrected chi connectivity index (χ3v) is 3.63. The molecule has 0 bridgehead atoms. The third kappa shape index (κ3) is 4.08. The van der Waals surface area contributed by atoms with Crippen LogP contribution in [-0.4, -0.2) is 16.0 Å². The Morgan fingerprint density at radius 3 is 2.71 bits per heavy atom. The molecule has 0 aliphatic heterocycles. The zero-order chi connectivity index (χ0) is 15.4. The van der Waals surface area contributed by atoms with Crippen LogP contribution in [0.3, 0.4) is 0 Å². The van der Waals surface area contributed by atoms with Crippen molar-refractivity contribution in [2.45, 2.75) is 40.2 Å². The van der Waals surface area contributed by atoms with Crippen molar-refractivity contribution in [1.82, 2.24) is 9.97 Å². The lowest BCUT2D eigenvalue weighted by Crippen LogP contribution is -2.15. The molecule has 112 valence electrons. The van der Waals surface area contributed by atoms with Crippen LogP contribution in [0.5, 0.6) is 0 Å². The second-order valence-electron chi connectivity index (χ2n) is 5.28. The van der Waals surface area contributed by atoms with Gasteiger partial charge in [0.25, 0.3) is 0 Å². The van der Waals surface area contributed by atoms with Gasteiger partial charge in [0, 0.05) is 12.2 Å². The highest BCUT2D eigenvalue weighted by Crippen LogP contribution is 2.29. The van der Waals surface area contributed by atoms with E-state index in [9.17, 15) is 0 Å². The van der Waals surface area contributed by atoms with E-state index in [2.05, 4.69) is 40.5 Å². The zero-order valence-electron chi connectivity index (χ0n) is 12.9. The number of halogens is 1. The Kier molecular flexibility index (Phi) is 5.02. The fourth-order valence-electron chi connectivity index (χ4n) is 2.04. The van der Waals surface area contributed by atoms with Crippen LogP contribution >= 0.6 is 11.6 Å². The smallest absolute Gasteiger partial charge is 0.229 e. The second kappa shape index (κ2) is 6.76. The molecule has 0 spiro atoms. The molecule has 0 aliphatic carbocycles. The Hall–Kier alpha value is -1.81. The van der Waals surface area contributed by atoms with Crippen molar-refractivity contribution in [3.63, 3.8) is 0 Å². The molecule has 0 fully saturated rings. The van der Waals surface area contributed by atoms with E-state index >= 15 is 0 Å². The Labute approximate surface area is 131 Å². The molecule has 2 N–H and O–H groups in total. The largest absolute Gasteiger partial charge is 0.367 e. The molecule has 21 heavy (non-hydrogen) atoms. The fourth-order valence-corrected chi connectivity index (χ4v) is 2.41. The van der Waals surface area contributed by atoms with Crippen molar-refractivity contribution < 1.29 is 0 Å². The van der Waals surface area contributed by atoms with Gasteiger partial charge in [-0.15, -0.1) is 0 Å². The van der Waals surface area contributed by atoms with Gasteiger partial charge in [-0.3, -0.25) is 0 Å². The van der Waals surface area contributed by atoms with Gasteiger partial charge in [0.2, 0.25) is 5.95 Å².